The average Bonchev–Trinajstić information content (AvgIpc) is 2.66. The van der Waals surface area contributed by atoms with Crippen LogP contribution in [0.15, 0.2) is 23.2 Å². The number of aromatic nitrogens is 1. The second kappa shape index (κ2) is 6.71. The van der Waals surface area contributed by atoms with E-state index in [9.17, 15) is 8.42 Å². The maximum absolute atomic E-state index is 12.7. The molecule has 0 atom stereocenters. The minimum absolute atomic E-state index is 0.268. The standard InChI is InChI=1S/C20H29N3O3S/c24-27(25,23-3-5-26-6-4-23)18-1-2-19(21-13-18)22-14-20-10-15-7-16(11-20)9-17(8-15)12-20/h1-2,13,15-17H,3-12,14H2,(H,21,22). The molecule has 0 aromatic carbocycles. The van der Waals surface area contributed by atoms with Crippen LogP contribution in [-0.4, -0.2) is 50.6 Å². The topological polar surface area (TPSA) is 71.5 Å². The van der Waals surface area contributed by atoms with Crippen molar-refractivity contribution in [3.8, 4) is 0 Å². The van der Waals surface area contributed by atoms with Crippen molar-refractivity contribution in [1.82, 2.24) is 9.29 Å². The van der Waals surface area contributed by atoms with Crippen molar-refractivity contribution < 1.29 is 13.2 Å². The Morgan fingerprint density at radius 2 is 1.70 bits per heavy atom. The lowest BCUT2D eigenvalue weighted by Gasteiger charge is -2.57. The molecule has 1 aromatic rings. The van der Waals surface area contributed by atoms with Gasteiger partial charge in [-0.25, -0.2) is 13.4 Å². The first-order valence-corrected chi connectivity index (χ1v) is 11.7. The molecule has 4 saturated carbocycles. The fourth-order valence-corrected chi connectivity index (χ4v) is 7.71. The molecule has 0 radical (unpaired) electrons. The summed E-state index contributed by atoms with van der Waals surface area (Å²) in [6.45, 7) is 2.70. The number of morpholine rings is 1. The Kier molecular flexibility index (Phi) is 4.44. The average molecular weight is 392 g/mol. The number of rotatable bonds is 5. The Morgan fingerprint density at radius 1 is 1.07 bits per heavy atom. The molecule has 0 amide bonds. The Morgan fingerprint density at radius 3 is 2.26 bits per heavy atom. The van der Waals surface area contributed by atoms with Gasteiger partial charge in [-0.1, -0.05) is 0 Å². The number of hydrogen-bond acceptors (Lipinski definition) is 5. The van der Waals surface area contributed by atoms with E-state index in [1.807, 2.05) is 6.07 Å². The number of pyridine rings is 1. The first-order chi connectivity index (χ1) is 13.0. The molecule has 2 heterocycles. The zero-order valence-corrected chi connectivity index (χ0v) is 16.6. The van der Waals surface area contributed by atoms with Crippen LogP contribution in [0.25, 0.3) is 0 Å². The van der Waals surface area contributed by atoms with Gasteiger partial charge in [0.1, 0.15) is 10.7 Å². The fraction of sp³-hybridized carbons (Fsp3) is 0.750. The molecule has 1 aliphatic heterocycles. The molecule has 5 aliphatic rings. The molecule has 4 aliphatic carbocycles. The van der Waals surface area contributed by atoms with Crippen LogP contribution >= 0.6 is 0 Å². The summed E-state index contributed by atoms with van der Waals surface area (Å²) in [5.74, 6) is 3.60. The lowest BCUT2D eigenvalue weighted by atomic mass is 9.49. The summed E-state index contributed by atoms with van der Waals surface area (Å²) >= 11 is 0. The number of ether oxygens (including phenoxy) is 1. The summed E-state index contributed by atoms with van der Waals surface area (Å²) in [6, 6.07) is 3.49. The van der Waals surface area contributed by atoms with Crippen molar-refractivity contribution in [2.75, 3.05) is 38.2 Å². The van der Waals surface area contributed by atoms with Gasteiger partial charge in [-0.3, -0.25) is 0 Å². The minimum atomic E-state index is -3.47. The van der Waals surface area contributed by atoms with Crippen LogP contribution in [0.1, 0.15) is 38.5 Å². The number of anilines is 1. The Balaban J connectivity index is 1.25. The molecule has 0 unspecified atom stereocenters. The van der Waals surface area contributed by atoms with Crippen LogP contribution < -0.4 is 5.32 Å². The SMILES string of the molecule is O=S(=O)(c1ccc(NCC23CC4CC(CC(C4)C2)C3)nc1)N1CCOCC1. The summed E-state index contributed by atoms with van der Waals surface area (Å²) in [7, 11) is -3.47. The van der Waals surface area contributed by atoms with E-state index in [4.69, 9.17) is 4.74 Å². The highest BCUT2D eigenvalue weighted by Crippen LogP contribution is 2.59. The van der Waals surface area contributed by atoms with E-state index in [-0.39, 0.29) is 4.90 Å². The van der Waals surface area contributed by atoms with Crippen molar-refractivity contribution in [2.24, 2.45) is 23.2 Å². The summed E-state index contributed by atoms with van der Waals surface area (Å²) in [4.78, 5) is 4.68. The monoisotopic (exact) mass is 391 g/mol. The summed E-state index contributed by atoms with van der Waals surface area (Å²) in [6.07, 6.45) is 9.91. The molecule has 1 saturated heterocycles. The highest BCUT2D eigenvalue weighted by Gasteiger charge is 2.50. The minimum Gasteiger partial charge on any atom is -0.379 e. The Bertz CT molecular complexity index is 752. The van der Waals surface area contributed by atoms with Gasteiger partial charge >= 0.3 is 0 Å². The van der Waals surface area contributed by atoms with Crippen LogP contribution in [0.4, 0.5) is 5.82 Å². The first kappa shape index (κ1) is 17.9. The summed E-state index contributed by atoms with van der Waals surface area (Å²) in [5.41, 5.74) is 0.439. The van der Waals surface area contributed by atoms with E-state index < -0.39 is 10.0 Å². The third kappa shape index (κ3) is 3.38. The maximum atomic E-state index is 12.7. The van der Waals surface area contributed by atoms with E-state index in [1.54, 1.807) is 6.07 Å². The molecule has 1 aromatic heterocycles. The van der Waals surface area contributed by atoms with Crippen LogP contribution in [0.5, 0.6) is 0 Å². The summed E-state index contributed by atoms with van der Waals surface area (Å²) < 4.78 is 32.1. The predicted molar refractivity (Wildman–Crippen MR) is 103 cm³/mol. The van der Waals surface area contributed by atoms with Crippen molar-refractivity contribution in [3.63, 3.8) is 0 Å². The van der Waals surface area contributed by atoms with Crippen LogP contribution in [0, 0.1) is 23.2 Å². The second-order valence-electron chi connectivity index (χ2n) is 9.17. The van der Waals surface area contributed by atoms with Crippen molar-refractivity contribution >= 4 is 15.8 Å². The molecule has 148 valence electrons. The van der Waals surface area contributed by atoms with Gasteiger partial charge in [0.15, 0.2) is 0 Å². The lowest BCUT2D eigenvalue weighted by Crippen LogP contribution is -2.49. The number of nitrogens with one attached hydrogen (secondary N) is 1. The Hall–Kier alpha value is -1.18. The Labute approximate surface area is 161 Å². The van der Waals surface area contributed by atoms with Gasteiger partial charge in [-0.05, 0) is 73.8 Å². The number of sulfonamides is 1. The van der Waals surface area contributed by atoms with E-state index >= 15 is 0 Å². The van der Waals surface area contributed by atoms with Gasteiger partial charge in [0.2, 0.25) is 10.0 Å². The molecular formula is C20H29N3O3S. The van der Waals surface area contributed by atoms with Gasteiger partial charge < -0.3 is 10.1 Å². The number of hydrogen-bond donors (Lipinski definition) is 1. The van der Waals surface area contributed by atoms with E-state index in [0.717, 1.165) is 30.1 Å². The highest BCUT2D eigenvalue weighted by atomic mass is 32.2. The third-order valence-corrected chi connectivity index (χ3v) is 9.04. The van der Waals surface area contributed by atoms with Crippen LogP contribution in [0.3, 0.4) is 0 Å². The predicted octanol–water partition coefficient (Wildman–Crippen LogP) is 2.73. The van der Waals surface area contributed by atoms with E-state index in [2.05, 4.69) is 10.3 Å². The molecule has 0 spiro atoms. The van der Waals surface area contributed by atoms with Crippen molar-refractivity contribution in [3.05, 3.63) is 18.3 Å². The molecule has 1 N–H and O–H groups in total. The largest absolute Gasteiger partial charge is 0.379 e. The van der Waals surface area contributed by atoms with Gasteiger partial charge in [-0.15, -0.1) is 0 Å². The van der Waals surface area contributed by atoms with Crippen molar-refractivity contribution in [2.45, 2.75) is 43.4 Å². The lowest BCUT2D eigenvalue weighted by molar-refractivity contribution is -0.0444. The molecule has 4 bridgehead atoms. The quantitative estimate of drug-likeness (QED) is 0.836. The molecule has 27 heavy (non-hydrogen) atoms. The normalized spacial score (nSPS) is 36.1. The molecule has 7 heteroatoms. The van der Waals surface area contributed by atoms with Gasteiger partial charge in [0.05, 0.1) is 13.2 Å². The van der Waals surface area contributed by atoms with Gasteiger partial charge in [0.25, 0.3) is 0 Å². The fourth-order valence-electron chi connectivity index (χ4n) is 6.36. The summed E-state index contributed by atoms with van der Waals surface area (Å²) in [5, 5.41) is 3.52. The van der Waals surface area contributed by atoms with Crippen LogP contribution in [-0.2, 0) is 14.8 Å². The van der Waals surface area contributed by atoms with Gasteiger partial charge in [0, 0.05) is 25.8 Å². The van der Waals surface area contributed by atoms with Gasteiger partial charge in [-0.2, -0.15) is 4.31 Å². The van der Waals surface area contributed by atoms with E-state index in [1.165, 1.54) is 49.0 Å². The molecular weight excluding hydrogens is 362 g/mol. The highest BCUT2D eigenvalue weighted by molar-refractivity contribution is 7.89. The first-order valence-electron chi connectivity index (χ1n) is 10.3. The van der Waals surface area contributed by atoms with Crippen molar-refractivity contribution in [1.29, 1.82) is 0 Å². The third-order valence-electron chi connectivity index (χ3n) is 7.15. The maximum Gasteiger partial charge on any atom is 0.244 e. The number of nitrogens with zero attached hydrogens (tertiary/aromatic N) is 2. The smallest absolute Gasteiger partial charge is 0.244 e. The van der Waals surface area contributed by atoms with Crippen LogP contribution in [0.2, 0.25) is 0 Å². The molecule has 6 nitrogen and oxygen atoms in total. The zero-order chi connectivity index (χ0) is 18.5. The second-order valence-corrected chi connectivity index (χ2v) is 11.1. The van der Waals surface area contributed by atoms with E-state index in [0.29, 0.717) is 31.7 Å². The molecule has 6 rings (SSSR count). The zero-order valence-electron chi connectivity index (χ0n) is 15.8. The molecule has 5 fully saturated rings.